The molecule has 2 heterocycles. The van der Waals surface area contributed by atoms with Gasteiger partial charge in [-0.2, -0.15) is 0 Å². The van der Waals surface area contributed by atoms with Gasteiger partial charge in [0.05, 0.1) is 23.1 Å². The first-order chi connectivity index (χ1) is 16.0. The van der Waals surface area contributed by atoms with Crippen molar-refractivity contribution < 1.29 is 34.8 Å². The van der Waals surface area contributed by atoms with E-state index in [2.05, 4.69) is 5.32 Å². The third kappa shape index (κ3) is 4.84. The normalized spacial score (nSPS) is 22.6. The number of nitrogens with zero attached hydrogens (tertiary/aromatic N) is 2. The van der Waals surface area contributed by atoms with Gasteiger partial charge >= 0.3 is 5.97 Å². The summed E-state index contributed by atoms with van der Waals surface area (Å²) in [5, 5.41) is 41.6. The molecule has 34 heavy (non-hydrogen) atoms. The standard InChI is InChI=1S/C23H30ClN3O7/c1-11-14(20(23(33)34)27-19(11)17(12(2)28)22(27)32)10-26(3)9-8-25-16(30)7-5-13-4-6-15(29)21(31)18(13)24/h4,6,11-12,17,19,28-29,31H,5,7-10H2,1-3H3,(H,25,30)(H,33,34)/t11-,12?,17?,19+/m0/s1. The molecule has 3 rings (SSSR count). The monoisotopic (exact) mass is 495 g/mol. The van der Waals surface area contributed by atoms with E-state index in [1.54, 1.807) is 13.1 Å². The molecule has 186 valence electrons. The van der Waals surface area contributed by atoms with Crippen LogP contribution in [0.4, 0.5) is 0 Å². The minimum absolute atomic E-state index is 0.00989. The van der Waals surface area contributed by atoms with Crippen LogP contribution in [0.2, 0.25) is 5.02 Å². The van der Waals surface area contributed by atoms with E-state index in [0.717, 1.165) is 0 Å². The van der Waals surface area contributed by atoms with Crippen LogP contribution >= 0.6 is 11.6 Å². The number of aliphatic hydroxyl groups excluding tert-OH is 1. The summed E-state index contributed by atoms with van der Waals surface area (Å²) in [4.78, 5) is 39.7. The van der Waals surface area contributed by atoms with E-state index in [1.807, 2.05) is 11.8 Å². The topological polar surface area (TPSA) is 151 Å². The van der Waals surface area contributed by atoms with Crippen LogP contribution in [-0.4, -0.2) is 86.8 Å². The Morgan fingerprint density at radius 3 is 2.59 bits per heavy atom. The second-order valence-corrected chi connectivity index (χ2v) is 9.30. The minimum atomic E-state index is -1.16. The van der Waals surface area contributed by atoms with Gasteiger partial charge in [-0.25, -0.2) is 4.79 Å². The van der Waals surface area contributed by atoms with Gasteiger partial charge in [0.2, 0.25) is 11.8 Å². The third-order valence-electron chi connectivity index (χ3n) is 6.57. The number of carbonyl (C=O) groups excluding carboxylic acids is 2. The lowest BCUT2D eigenvalue weighted by molar-refractivity contribution is -0.163. The zero-order valence-corrected chi connectivity index (χ0v) is 20.0. The highest BCUT2D eigenvalue weighted by atomic mass is 35.5. The Morgan fingerprint density at radius 2 is 1.97 bits per heavy atom. The Hall–Kier alpha value is -2.82. The highest BCUT2D eigenvalue weighted by Gasteiger charge is 2.59. The van der Waals surface area contributed by atoms with Crippen LogP contribution in [0.1, 0.15) is 25.8 Å². The molecule has 0 bridgehead atoms. The summed E-state index contributed by atoms with van der Waals surface area (Å²) < 4.78 is 0. The molecule has 2 unspecified atom stereocenters. The average Bonchev–Trinajstić information content (AvgIpc) is 2.99. The lowest BCUT2D eigenvalue weighted by atomic mass is 9.77. The minimum Gasteiger partial charge on any atom is -0.504 e. The second kappa shape index (κ2) is 10.2. The molecule has 10 nitrogen and oxygen atoms in total. The SMILES string of the molecule is CC(O)C1C(=O)N2C(C(=O)O)=C(CN(C)CCNC(=O)CCc3ccc(O)c(O)c3Cl)[C@H](C)[C@H]12. The van der Waals surface area contributed by atoms with E-state index < -0.39 is 23.7 Å². The Morgan fingerprint density at radius 1 is 1.29 bits per heavy atom. The summed E-state index contributed by atoms with van der Waals surface area (Å²) in [6.07, 6.45) is -0.423. The summed E-state index contributed by atoms with van der Waals surface area (Å²) in [5.74, 6) is -3.29. The van der Waals surface area contributed by atoms with E-state index in [4.69, 9.17) is 11.6 Å². The maximum absolute atomic E-state index is 12.4. The number of aliphatic hydroxyl groups is 1. The van der Waals surface area contributed by atoms with E-state index in [-0.39, 0.29) is 53.1 Å². The number of hydrogen-bond donors (Lipinski definition) is 5. The van der Waals surface area contributed by atoms with Gasteiger partial charge in [0, 0.05) is 32.0 Å². The summed E-state index contributed by atoms with van der Waals surface area (Å²) in [5.41, 5.74) is 1.16. The number of fused-ring (bicyclic) bond motifs is 1. The van der Waals surface area contributed by atoms with Crippen LogP contribution in [0.15, 0.2) is 23.4 Å². The summed E-state index contributed by atoms with van der Waals surface area (Å²) >= 11 is 5.98. The number of aryl methyl sites for hydroxylation is 1. The molecule has 0 aliphatic carbocycles. The number of hydrogen-bond acceptors (Lipinski definition) is 7. The fourth-order valence-electron chi connectivity index (χ4n) is 4.74. The van der Waals surface area contributed by atoms with Crippen LogP contribution in [0, 0.1) is 11.8 Å². The zero-order chi connectivity index (χ0) is 25.3. The van der Waals surface area contributed by atoms with Crippen LogP contribution in [0.3, 0.4) is 0 Å². The number of carbonyl (C=O) groups is 3. The number of rotatable bonds is 10. The largest absolute Gasteiger partial charge is 0.504 e. The van der Waals surface area contributed by atoms with Crippen molar-refractivity contribution in [2.24, 2.45) is 11.8 Å². The van der Waals surface area contributed by atoms with Gasteiger partial charge in [0.25, 0.3) is 0 Å². The van der Waals surface area contributed by atoms with Gasteiger partial charge in [-0.3, -0.25) is 9.59 Å². The van der Waals surface area contributed by atoms with Crippen LogP contribution in [-0.2, 0) is 20.8 Å². The molecule has 4 atom stereocenters. The molecule has 0 aromatic heterocycles. The van der Waals surface area contributed by atoms with Crippen molar-refractivity contribution in [3.05, 3.63) is 34.0 Å². The molecule has 2 aliphatic heterocycles. The van der Waals surface area contributed by atoms with Crippen LogP contribution in [0.25, 0.3) is 0 Å². The Labute approximate surface area is 202 Å². The van der Waals surface area contributed by atoms with Gasteiger partial charge in [0.15, 0.2) is 11.5 Å². The molecule has 1 aromatic rings. The zero-order valence-electron chi connectivity index (χ0n) is 19.3. The van der Waals surface area contributed by atoms with Gasteiger partial charge in [-0.05, 0) is 37.6 Å². The van der Waals surface area contributed by atoms with Crippen LogP contribution in [0.5, 0.6) is 11.5 Å². The van der Waals surface area contributed by atoms with E-state index in [0.29, 0.717) is 30.8 Å². The number of aliphatic carboxylic acids is 1. The average molecular weight is 496 g/mol. The van der Waals surface area contributed by atoms with Crippen molar-refractivity contribution in [2.75, 3.05) is 26.7 Å². The number of β-lactam (4-membered cyclic amide) rings is 1. The van der Waals surface area contributed by atoms with Crippen molar-refractivity contribution in [3.63, 3.8) is 0 Å². The van der Waals surface area contributed by atoms with Gasteiger partial charge in [-0.1, -0.05) is 24.6 Å². The number of phenolic OH excluding ortho intramolecular Hbond substituents is 2. The molecule has 2 aliphatic rings. The number of likely N-dealkylation sites (N-methyl/N-ethyl adjacent to an activating group) is 1. The predicted octanol–water partition coefficient (Wildman–Crippen LogP) is 0.928. The molecule has 1 saturated heterocycles. The molecular weight excluding hydrogens is 466 g/mol. The van der Waals surface area contributed by atoms with Crippen molar-refractivity contribution >= 4 is 29.4 Å². The van der Waals surface area contributed by atoms with E-state index in [9.17, 15) is 34.8 Å². The third-order valence-corrected chi connectivity index (χ3v) is 6.99. The number of amides is 2. The van der Waals surface area contributed by atoms with Crippen molar-refractivity contribution in [2.45, 2.75) is 38.8 Å². The Bertz CT molecular complexity index is 1030. The fraction of sp³-hybridized carbons (Fsp3) is 0.522. The number of nitrogens with one attached hydrogen (secondary N) is 1. The van der Waals surface area contributed by atoms with Crippen molar-refractivity contribution in [1.29, 1.82) is 0 Å². The molecule has 1 fully saturated rings. The molecule has 0 spiro atoms. The number of halogens is 1. The molecule has 2 amide bonds. The number of phenols is 2. The first-order valence-corrected chi connectivity index (χ1v) is 11.5. The molecular formula is C23H30ClN3O7. The van der Waals surface area contributed by atoms with Crippen LogP contribution < -0.4 is 5.32 Å². The molecule has 0 saturated carbocycles. The Balaban J connectivity index is 1.51. The maximum atomic E-state index is 12.4. The quantitative estimate of drug-likeness (QED) is 0.237. The molecule has 11 heteroatoms. The van der Waals surface area contributed by atoms with Gasteiger partial charge in [0.1, 0.15) is 5.70 Å². The first-order valence-electron chi connectivity index (χ1n) is 11.1. The predicted molar refractivity (Wildman–Crippen MR) is 123 cm³/mol. The first kappa shape index (κ1) is 25.8. The molecule has 5 N–H and O–H groups in total. The molecule has 1 aromatic carbocycles. The summed E-state index contributed by atoms with van der Waals surface area (Å²) in [7, 11) is 1.80. The van der Waals surface area contributed by atoms with Crippen molar-refractivity contribution in [1.82, 2.24) is 15.1 Å². The van der Waals surface area contributed by atoms with Crippen molar-refractivity contribution in [3.8, 4) is 11.5 Å². The summed E-state index contributed by atoms with van der Waals surface area (Å²) in [6.45, 7) is 4.50. The van der Waals surface area contributed by atoms with Gasteiger partial charge in [-0.15, -0.1) is 0 Å². The number of aromatic hydroxyl groups is 2. The lowest BCUT2D eigenvalue weighted by Gasteiger charge is -2.46. The number of carboxylic acid groups (broad SMARTS) is 1. The second-order valence-electron chi connectivity index (χ2n) is 8.93. The highest BCUT2D eigenvalue weighted by molar-refractivity contribution is 6.33. The highest BCUT2D eigenvalue weighted by Crippen LogP contribution is 2.47. The summed E-state index contributed by atoms with van der Waals surface area (Å²) in [6, 6.07) is 2.51. The van der Waals surface area contributed by atoms with E-state index in [1.165, 1.54) is 17.9 Å². The maximum Gasteiger partial charge on any atom is 0.352 e. The molecule has 0 radical (unpaired) electrons. The number of carboxylic acids is 1. The lowest BCUT2D eigenvalue weighted by Crippen LogP contribution is -2.63. The smallest absolute Gasteiger partial charge is 0.352 e. The number of benzene rings is 1. The van der Waals surface area contributed by atoms with Gasteiger partial charge < -0.3 is 35.5 Å². The van der Waals surface area contributed by atoms with E-state index >= 15 is 0 Å². The fourth-order valence-corrected chi connectivity index (χ4v) is 4.99. The Kier molecular flexibility index (Phi) is 7.74.